The molecule has 0 spiro atoms. The molecule has 0 aliphatic carbocycles. The van der Waals surface area contributed by atoms with Crippen LogP contribution in [0.5, 0.6) is 0 Å². The normalized spacial score (nSPS) is 12.8. The fraction of sp³-hybridized carbons (Fsp3) is 0.250. The Labute approximate surface area is 64.2 Å². The molecule has 0 fully saturated rings. The Bertz CT molecular complexity index is 323. The third-order valence-electron chi connectivity index (χ3n) is 1.15. The molecule has 0 amide bonds. The van der Waals surface area contributed by atoms with Crippen LogP contribution in [0.4, 0.5) is 0 Å². The Morgan fingerprint density at radius 2 is 2.45 bits per heavy atom. The lowest BCUT2D eigenvalue weighted by Crippen LogP contribution is -2.06. The minimum Gasteiger partial charge on any atom is -0.478 e. The maximum Gasteiger partial charge on any atom is 0.321 e. The Hall–Kier alpha value is -1.38. The predicted molar refractivity (Wildman–Crippen MR) is 41.1 cm³/mol. The fourth-order valence-electron chi connectivity index (χ4n) is 0.701. The molecule has 1 aromatic heterocycles. The summed E-state index contributed by atoms with van der Waals surface area (Å²) in [6.45, 7) is 5.73. The largest absolute Gasteiger partial charge is 0.478 e. The molecule has 0 aromatic carbocycles. The first-order valence-electron chi connectivity index (χ1n) is 3.35. The molecule has 0 saturated carbocycles. The molecule has 3 heteroatoms. The van der Waals surface area contributed by atoms with Crippen LogP contribution in [0.3, 0.4) is 0 Å². The second kappa shape index (κ2) is 3.14. The summed E-state index contributed by atoms with van der Waals surface area (Å²) in [6.07, 6.45) is 0. The Morgan fingerprint density at radius 3 is 2.91 bits per heavy atom. The number of rotatable bonds is 2. The van der Waals surface area contributed by atoms with Gasteiger partial charge in [-0.1, -0.05) is 6.58 Å². The molecule has 60 valence electrons. The summed E-state index contributed by atoms with van der Waals surface area (Å²) in [6, 6.07) is 3.26. The van der Waals surface area contributed by atoms with Crippen LogP contribution in [0.1, 0.15) is 6.92 Å². The van der Waals surface area contributed by atoms with Crippen molar-refractivity contribution in [1.29, 1.82) is 0 Å². The minimum atomic E-state index is -0.192. The molecule has 11 heavy (non-hydrogen) atoms. The molecule has 0 atom stereocenters. The highest BCUT2D eigenvalue weighted by atomic mass is 16.6. The molecule has 0 unspecified atom stereocenters. The van der Waals surface area contributed by atoms with Crippen molar-refractivity contribution < 1.29 is 14.3 Å². The zero-order valence-corrected chi connectivity index (χ0v) is 6.33. The van der Waals surface area contributed by atoms with Gasteiger partial charge in [-0.3, -0.25) is 0 Å². The van der Waals surface area contributed by atoms with Crippen LogP contribution >= 0.6 is 0 Å². The lowest BCUT2D eigenvalue weighted by Gasteiger charge is -1.96. The van der Waals surface area contributed by atoms with Gasteiger partial charge < -0.3 is 14.3 Å². The first-order chi connectivity index (χ1) is 5.24. The predicted octanol–water partition coefficient (Wildman–Crippen LogP) is 0.350. The molecule has 1 aromatic rings. The highest BCUT2D eigenvalue weighted by molar-refractivity contribution is 5.20. The van der Waals surface area contributed by atoms with E-state index in [0.717, 1.165) is 0 Å². The molecule has 3 nitrogen and oxygen atoms in total. The van der Waals surface area contributed by atoms with E-state index in [-0.39, 0.29) is 5.95 Å². The molecule has 0 aliphatic rings. The topological polar surface area (TPSA) is 42.6 Å². The maximum absolute atomic E-state index is 9.11. The highest BCUT2D eigenvalue weighted by Crippen LogP contribution is 1.87. The molecule has 1 heterocycles. The second-order valence-electron chi connectivity index (χ2n) is 2.00. The van der Waals surface area contributed by atoms with E-state index in [4.69, 9.17) is 14.3 Å². The highest BCUT2D eigenvalue weighted by Gasteiger charge is 1.95. The van der Waals surface area contributed by atoms with E-state index in [1.54, 1.807) is 19.1 Å². The van der Waals surface area contributed by atoms with Crippen molar-refractivity contribution in [3.05, 3.63) is 23.0 Å². The molecule has 1 N–H and O–H groups in total. The fourth-order valence-corrected chi connectivity index (χ4v) is 0.701. The van der Waals surface area contributed by atoms with Gasteiger partial charge in [0.2, 0.25) is 5.42 Å². The maximum atomic E-state index is 9.11. The van der Waals surface area contributed by atoms with Crippen LogP contribution in [0.2, 0.25) is 0 Å². The van der Waals surface area contributed by atoms with Crippen molar-refractivity contribution in [2.24, 2.45) is 0 Å². The summed E-state index contributed by atoms with van der Waals surface area (Å²) in [4.78, 5) is 0. The number of furan rings is 1. The van der Waals surface area contributed by atoms with Crippen molar-refractivity contribution in [2.45, 2.75) is 6.92 Å². The molecule has 0 radical (unpaired) electrons. The van der Waals surface area contributed by atoms with Crippen molar-refractivity contribution in [2.75, 3.05) is 6.61 Å². The quantitative estimate of drug-likeness (QED) is 0.668. The summed E-state index contributed by atoms with van der Waals surface area (Å²) in [7, 11) is 0. The van der Waals surface area contributed by atoms with Gasteiger partial charge in [-0.15, -0.1) is 0 Å². The van der Waals surface area contributed by atoms with E-state index in [1.807, 2.05) is 0 Å². The summed E-state index contributed by atoms with van der Waals surface area (Å²) in [5, 5.41) is 9.11. The summed E-state index contributed by atoms with van der Waals surface area (Å²) in [5.41, 5.74) is 0.822. The molecular weight excluding hydrogens is 144 g/mol. The van der Waals surface area contributed by atoms with Crippen molar-refractivity contribution in [3.63, 3.8) is 0 Å². The number of aliphatic hydroxyl groups is 1. The lowest BCUT2D eigenvalue weighted by atomic mass is 10.6. The Kier molecular flexibility index (Phi) is 2.21. The monoisotopic (exact) mass is 154 g/mol. The van der Waals surface area contributed by atoms with Gasteiger partial charge in [0.1, 0.15) is 5.42 Å². The summed E-state index contributed by atoms with van der Waals surface area (Å²) < 4.78 is 9.77. The lowest BCUT2D eigenvalue weighted by molar-refractivity contribution is 0.181. The number of hydrogen-bond acceptors (Lipinski definition) is 3. The van der Waals surface area contributed by atoms with E-state index >= 15 is 0 Å². The summed E-state index contributed by atoms with van der Waals surface area (Å²) >= 11 is 0. The van der Waals surface area contributed by atoms with Crippen molar-refractivity contribution >= 4 is 12.5 Å². The van der Waals surface area contributed by atoms with Gasteiger partial charge >= 0.3 is 5.95 Å². The van der Waals surface area contributed by atoms with Gasteiger partial charge in [-0.05, 0) is 19.1 Å². The first kappa shape index (κ1) is 7.72. The third-order valence-corrected chi connectivity index (χ3v) is 1.15. The van der Waals surface area contributed by atoms with Crippen LogP contribution in [-0.2, 0) is 4.74 Å². The van der Waals surface area contributed by atoms with E-state index in [0.29, 0.717) is 17.4 Å². The van der Waals surface area contributed by atoms with Crippen molar-refractivity contribution in [3.8, 4) is 0 Å². The number of aliphatic hydroxyl groups excluding tert-OH is 1. The van der Waals surface area contributed by atoms with Gasteiger partial charge in [0, 0.05) is 0 Å². The van der Waals surface area contributed by atoms with Crippen LogP contribution in [0, 0.1) is 0 Å². The molecular formula is C8H10O3. The van der Waals surface area contributed by atoms with Gasteiger partial charge in [0.25, 0.3) is 0 Å². The minimum absolute atomic E-state index is 0.192. The van der Waals surface area contributed by atoms with Crippen LogP contribution < -0.4 is 10.8 Å². The second-order valence-corrected chi connectivity index (χ2v) is 2.00. The van der Waals surface area contributed by atoms with Crippen molar-refractivity contribution in [1.82, 2.24) is 0 Å². The zero-order chi connectivity index (χ0) is 8.27. The zero-order valence-electron chi connectivity index (χ0n) is 6.33. The average molecular weight is 154 g/mol. The molecule has 0 bridgehead atoms. The molecule has 1 rings (SSSR count). The summed E-state index contributed by atoms with van der Waals surface area (Å²) in [5.74, 6) is -0.192. The van der Waals surface area contributed by atoms with E-state index in [1.165, 1.54) is 0 Å². The van der Waals surface area contributed by atoms with E-state index in [2.05, 4.69) is 6.58 Å². The Morgan fingerprint density at radius 1 is 1.73 bits per heavy atom. The van der Waals surface area contributed by atoms with Crippen LogP contribution in [-0.4, -0.2) is 11.7 Å². The van der Waals surface area contributed by atoms with Crippen LogP contribution in [0.25, 0.3) is 12.5 Å². The van der Waals surface area contributed by atoms with E-state index in [9.17, 15) is 0 Å². The van der Waals surface area contributed by atoms with Gasteiger partial charge in [-0.2, -0.15) is 0 Å². The van der Waals surface area contributed by atoms with Gasteiger partial charge in [0.05, 0.1) is 6.61 Å². The molecule has 0 aliphatic heterocycles. The van der Waals surface area contributed by atoms with E-state index < -0.39 is 0 Å². The average Bonchev–Trinajstić information content (AvgIpc) is 2.36. The first-order valence-corrected chi connectivity index (χ1v) is 3.35. The smallest absolute Gasteiger partial charge is 0.321 e. The van der Waals surface area contributed by atoms with Gasteiger partial charge in [0.15, 0.2) is 0 Å². The Balaban J connectivity index is 3.05. The standard InChI is InChI=1S/C8H10O3/c1-3-10-8(9)7-5-4-6(2)11-7/h4-5,9H,2-3H2,1H3/b8-7+. The number of hydrogen-bond donors (Lipinski definition) is 1. The molecule has 0 saturated heterocycles. The van der Waals surface area contributed by atoms with Gasteiger partial charge in [-0.25, -0.2) is 0 Å². The third kappa shape index (κ3) is 1.77. The van der Waals surface area contributed by atoms with Crippen LogP contribution in [0.15, 0.2) is 16.5 Å². The SMILES string of the molecule is C=c1cc/c(=C(/O)OCC)o1. The number of ether oxygens (including phenoxy) is 1.